The predicted molar refractivity (Wildman–Crippen MR) is 178 cm³/mol. The van der Waals surface area contributed by atoms with Crippen LogP contribution < -0.4 is 33.7 Å². The molecule has 6 heterocycles. The zero-order chi connectivity index (χ0) is 41.6. The average molecular weight is 857 g/mol. The summed E-state index contributed by atoms with van der Waals surface area (Å²) in [6.07, 6.45) is -19.1. The van der Waals surface area contributed by atoms with Crippen LogP contribution in [0, 0.1) is 0 Å². The van der Waals surface area contributed by atoms with E-state index in [-0.39, 0.29) is 0 Å². The maximum absolute atomic E-state index is 13.4. The van der Waals surface area contributed by atoms with Crippen LogP contribution in [0.4, 0.5) is 0 Å². The van der Waals surface area contributed by atoms with Crippen molar-refractivity contribution in [2.75, 3.05) is 19.8 Å². The van der Waals surface area contributed by atoms with Gasteiger partial charge in [0.1, 0.15) is 54.9 Å². The second-order valence-corrected chi connectivity index (χ2v) is 15.4. The number of phosphoric ester groups is 2. The zero-order valence-electron chi connectivity index (χ0n) is 28.5. The van der Waals surface area contributed by atoms with Crippen LogP contribution in [0.3, 0.4) is 0 Å². The second kappa shape index (κ2) is 16.7. The number of H-pyrrole nitrogens is 3. The van der Waals surface area contributed by atoms with Gasteiger partial charge in [0.05, 0.1) is 19.8 Å². The van der Waals surface area contributed by atoms with Crippen molar-refractivity contribution >= 4 is 15.6 Å². The predicted octanol–water partition coefficient (Wildman–Crippen LogP) is -6.23. The van der Waals surface area contributed by atoms with Gasteiger partial charge in [-0.3, -0.25) is 61.1 Å². The van der Waals surface area contributed by atoms with Crippen LogP contribution in [0.15, 0.2) is 65.6 Å². The SMILES string of the molecule is O=c1ccn([C@@H]2O[C@H](COP(=O)(O)O[C@@H]3[C@H](OP(=O)(O)OC[C@H]4O[C@@H](n5ccc(=O)[nH]c5=O)[C@H](O)[C@@H]4O)[C@@H](CO)O[C@H]3n3ccc(=O)[nH]c3=O)[C@@H](O)[C@H]2O)c(=O)[nH]1. The first-order valence-electron chi connectivity index (χ1n) is 16.3. The molecule has 0 aliphatic carbocycles. The van der Waals surface area contributed by atoms with Gasteiger partial charge in [0, 0.05) is 36.8 Å². The molecule has 0 saturated carbocycles. The van der Waals surface area contributed by atoms with Crippen LogP contribution in [-0.4, -0.2) is 139 Å². The number of aromatic amines is 3. The Hall–Kier alpha value is -4.06. The normalized spacial score (nSPS) is 33.6. The average Bonchev–Trinajstić information content (AvgIpc) is 3.71. The highest BCUT2D eigenvalue weighted by Gasteiger charge is 2.54. The fourth-order valence-corrected chi connectivity index (χ4v) is 7.99. The molecule has 30 heteroatoms. The number of aromatic nitrogens is 6. The van der Waals surface area contributed by atoms with Gasteiger partial charge in [-0.2, -0.15) is 0 Å². The highest BCUT2D eigenvalue weighted by Crippen LogP contribution is 2.54. The summed E-state index contributed by atoms with van der Waals surface area (Å²) in [5.74, 6) is 0. The lowest BCUT2D eigenvalue weighted by Crippen LogP contribution is -2.40. The molecule has 28 nitrogen and oxygen atoms in total. The van der Waals surface area contributed by atoms with Crippen LogP contribution in [0.2, 0.25) is 0 Å². The first kappa shape index (κ1) is 42.5. The number of hydrogen-bond donors (Lipinski definition) is 10. The standard InChI is InChI=1S/C27H34N6O22P2/c34-7-10-20(54-56(45,46)49-8-11-16(38)18(40)22(52-11)31-4-1-13(35)28-25(31)42)21(24(51-10)33-6-3-15(37)30-27(33)44)55-57(47,48)50-9-12-17(39)19(41)23(53-12)32-5-2-14(36)29-26(32)43/h1-6,10-12,16-24,34,38-41H,7-9H2,(H,45,46)(H,47,48)(H,28,35,42)(H,29,36,43)(H,30,37,44)/t10-,11-,12-,16-,17-,18-,19-,20-,21-,22-,23-,24-/m1/s1. The number of ether oxygens (including phenoxy) is 3. The minimum absolute atomic E-state index is 0.594. The Morgan fingerprint density at radius 1 is 0.561 bits per heavy atom. The van der Waals surface area contributed by atoms with Crippen molar-refractivity contribution in [2.45, 2.75) is 73.6 Å². The largest absolute Gasteiger partial charge is 0.472 e. The number of aliphatic hydroxyl groups is 5. The zero-order valence-corrected chi connectivity index (χ0v) is 30.3. The lowest BCUT2D eigenvalue weighted by molar-refractivity contribution is -0.0652. The quantitative estimate of drug-likeness (QED) is 0.0674. The topological polar surface area (TPSA) is 405 Å². The molecule has 6 rings (SSSR count). The van der Waals surface area contributed by atoms with Crippen molar-refractivity contribution < 1.29 is 76.8 Å². The summed E-state index contributed by atoms with van der Waals surface area (Å²) in [6.45, 7) is -3.15. The molecule has 3 aromatic heterocycles. The van der Waals surface area contributed by atoms with Crippen LogP contribution in [0.1, 0.15) is 18.7 Å². The number of aliphatic hydroxyl groups excluding tert-OH is 5. The molecule has 2 unspecified atom stereocenters. The Morgan fingerprint density at radius 2 is 0.912 bits per heavy atom. The number of rotatable bonds is 14. The third kappa shape index (κ3) is 9.16. The molecule has 3 fully saturated rings. The summed E-state index contributed by atoms with van der Waals surface area (Å²) in [7, 11) is -11.0. The lowest BCUT2D eigenvalue weighted by atomic mass is 10.1. The van der Waals surface area contributed by atoms with Crippen LogP contribution in [-0.2, 0) is 41.4 Å². The molecule has 3 aliphatic heterocycles. The van der Waals surface area contributed by atoms with E-state index in [2.05, 4.69) is 0 Å². The van der Waals surface area contributed by atoms with E-state index >= 15 is 0 Å². The van der Waals surface area contributed by atoms with E-state index in [4.69, 9.17) is 32.3 Å². The van der Waals surface area contributed by atoms with Gasteiger partial charge < -0.3 is 49.5 Å². The minimum atomic E-state index is -5.52. The first-order chi connectivity index (χ1) is 26.8. The van der Waals surface area contributed by atoms with Crippen LogP contribution >= 0.6 is 15.6 Å². The molecule has 3 saturated heterocycles. The fourth-order valence-electron chi connectivity index (χ4n) is 6.10. The monoisotopic (exact) mass is 856 g/mol. The highest BCUT2D eigenvalue weighted by atomic mass is 31.2. The number of nitrogens with zero attached hydrogens (tertiary/aromatic N) is 3. The molecule has 0 amide bonds. The van der Waals surface area contributed by atoms with E-state index in [9.17, 15) is 73.2 Å². The van der Waals surface area contributed by atoms with Crippen molar-refractivity contribution in [2.24, 2.45) is 0 Å². The second-order valence-electron chi connectivity index (χ2n) is 12.6. The molecular formula is C27H34N6O22P2. The summed E-state index contributed by atoms with van der Waals surface area (Å²) in [4.78, 5) is 98.9. The van der Waals surface area contributed by atoms with Gasteiger partial charge in [-0.05, 0) is 0 Å². The van der Waals surface area contributed by atoms with Gasteiger partial charge in [-0.15, -0.1) is 0 Å². The molecule has 0 aromatic carbocycles. The Bertz CT molecular complexity index is 2390. The Labute approximate surface area is 313 Å². The minimum Gasteiger partial charge on any atom is -0.394 e. The number of nitrogens with one attached hydrogen (secondary N) is 3. The third-order valence-corrected chi connectivity index (χ3v) is 10.8. The number of hydrogen-bond acceptors (Lipinski definition) is 20. The Balaban J connectivity index is 1.19. The summed E-state index contributed by atoms with van der Waals surface area (Å²) in [6, 6.07) is 2.65. The van der Waals surface area contributed by atoms with Crippen molar-refractivity contribution in [1.82, 2.24) is 28.7 Å². The summed E-state index contributed by atoms with van der Waals surface area (Å²) >= 11 is 0. The fraction of sp³-hybridized carbons (Fsp3) is 0.556. The summed E-state index contributed by atoms with van der Waals surface area (Å²) in [5, 5.41) is 52.1. The van der Waals surface area contributed by atoms with Gasteiger partial charge in [0.15, 0.2) is 18.7 Å². The molecule has 0 bridgehead atoms. The molecular weight excluding hydrogens is 822 g/mol. The molecule has 0 spiro atoms. The van der Waals surface area contributed by atoms with E-state index in [1.807, 2.05) is 15.0 Å². The van der Waals surface area contributed by atoms with Gasteiger partial charge in [0.2, 0.25) is 0 Å². The van der Waals surface area contributed by atoms with E-state index in [1.165, 1.54) is 0 Å². The summed E-state index contributed by atoms with van der Waals surface area (Å²) in [5.41, 5.74) is -5.72. The van der Waals surface area contributed by atoms with Crippen LogP contribution in [0.25, 0.3) is 0 Å². The van der Waals surface area contributed by atoms with Gasteiger partial charge >= 0.3 is 32.7 Å². The van der Waals surface area contributed by atoms with Gasteiger partial charge in [-0.1, -0.05) is 0 Å². The highest BCUT2D eigenvalue weighted by molar-refractivity contribution is 7.47. The van der Waals surface area contributed by atoms with E-state index in [0.29, 0.717) is 9.13 Å². The molecule has 3 aromatic rings. The maximum Gasteiger partial charge on any atom is 0.472 e. The van der Waals surface area contributed by atoms with Gasteiger partial charge in [0.25, 0.3) is 16.7 Å². The van der Waals surface area contributed by atoms with Crippen molar-refractivity contribution in [1.29, 1.82) is 0 Å². The van der Waals surface area contributed by atoms with E-state index < -0.39 is 143 Å². The number of phosphoric acid groups is 2. The Morgan fingerprint density at radius 3 is 1.28 bits per heavy atom. The van der Waals surface area contributed by atoms with Crippen molar-refractivity contribution in [3.63, 3.8) is 0 Å². The Kier molecular flexibility index (Phi) is 12.4. The van der Waals surface area contributed by atoms with E-state index in [0.717, 1.165) is 41.4 Å². The lowest BCUT2D eigenvalue weighted by Gasteiger charge is -2.28. The maximum atomic E-state index is 13.4. The van der Waals surface area contributed by atoms with Crippen molar-refractivity contribution in [3.8, 4) is 0 Å². The van der Waals surface area contributed by atoms with Crippen molar-refractivity contribution in [3.05, 3.63) is 99.3 Å². The smallest absolute Gasteiger partial charge is 0.394 e. The first-order valence-corrected chi connectivity index (χ1v) is 19.3. The molecule has 0 radical (unpaired) electrons. The molecule has 3 aliphatic rings. The van der Waals surface area contributed by atoms with Crippen LogP contribution in [0.5, 0.6) is 0 Å². The third-order valence-electron chi connectivity index (χ3n) is 8.83. The molecule has 14 atom stereocenters. The molecule has 314 valence electrons. The van der Waals surface area contributed by atoms with Gasteiger partial charge in [-0.25, -0.2) is 23.5 Å². The molecule has 57 heavy (non-hydrogen) atoms. The summed E-state index contributed by atoms with van der Waals surface area (Å²) < 4.78 is 65.4. The molecule has 10 N–H and O–H groups in total. The van der Waals surface area contributed by atoms with E-state index in [1.54, 1.807) is 0 Å².